The van der Waals surface area contributed by atoms with Gasteiger partial charge in [0.05, 0.1) is 0 Å². The molecule has 0 aliphatic rings. The second kappa shape index (κ2) is 8.51. The van der Waals surface area contributed by atoms with Crippen molar-refractivity contribution in [3.05, 3.63) is 29.8 Å². The Balaban J connectivity index is 2.40. The van der Waals surface area contributed by atoms with Crippen molar-refractivity contribution < 1.29 is 22.7 Å². The molecular formula is C14H19F3N2O2. The Morgan fingerprint density at radius 3 is 2.76 bits per heavy atom. The van der Waals surface area contributed by atoms with Crippen LogP contribution in [0.3, 0.4) is 0 Å². The predicted molar refractivity (Wildman–Crippen MR) is 73.0 cm³/mol. The van der Waals surface area contributed by atoms with E-state index in [1.165, 1.54) is 12.1 Å². The van der Waals surface area contributed by atoms with Crippen LogP contribution in [0.2, 0.25) is 0 Å². The molecule has 0 atom stereocenters. The van der Waals surface area contributed by atoms with Gasteiger partial charge in [0.1, 0.15) is 5.75 Å². The van der Waals surface area contributed by atoms with Crippen molar-refractivity contribution in [2.24, 2.45) is 0 Å². The number of hydrogen-bond acceptors (Lipinski definition) is 3. The fraction of sp³-hybridized carbons (Fsp3) is 0.500. The summed E-state index contributed by atoms with van der Waals surface area (Å²) in [6.07, 6.45) is -3.22. The summed E-state index contributed by atoms with van der Waals surface area (Å²) in [5, 5.41) is 5.65. The minimum absolute atomic E-state index is 0.0909. The highest BCUT2D eigenvalue weighted by Gasteiger charge is 2.28. The normalized spacial score (nSPS) is 11.2. The summed E-state index contributed by atoms with van der Waals surface area (Å²) in [5.74, 6) is 0.0427. The van der Waals surface area contributed by atoms with Crippen LogP contribution in [0.4, 0.5) is 13.2 Å². The molecule has 0 saturated heterocycles. The van der Waals surface area contributed by atoms with Gasteiger partial charge in [-0.1, -0.05) is 12.1 Å². The SMILES string of the molecule is CNCCCC(=O)NCc1cccc(OCC(F)(F)F)c1. The van der Waals surface area contributed by atoms with Crippen LogP contribution in [-0.2, 0) is 11.3 Å². The zero-order valence-electron chi connectivity index (χ0n) is 11.8. The van der Waals surface area contributed by atoms with E-state index in [0.29, 0.717) is 12.0 Å². The van der Waals surface area contributed by atoms with Gasteiger partial charge in [-0.2, -0.15) is 13.2 Å². The first-order chi connectivity index (χ1) is 9.90. The van der Waals surface area contributed by atoms with Gasteiger partial charge in [-0.3, -0.25) is 4.79 Å². The van der Waals surface area contributed by atoms with Gasteiger partial charge < -0.3 is 15.4 Å². The van der Waals surface area contributed by atoms with Crippen LogP contribution in [0, 0.1) is 0 Å². The van der Waals surface area contributed by atoms with Crippen molar-refractivity contribution in [1.82, 2.24) is 10.6 Å². The van der Waals surface area contributed by atoms with Gasteiger partial charge >= 0.3 is 6.18 Å². The van der Waals surface area contributed by atoms with Gasteiger partial charge in [0.15, 0.2) is 6.61 Å². The minimum atomic E-state index is -4.36. The zero-order valence-corrected chi connectivity index (χ0v) is 11.8. The summed E-state index contributed by atoms with van der Waals surface area (Å²) in [6, 6.07) is 6.24. The van der Waals surface area contributed by atoms with E-state index < -0.39 is 12.8 Å². The average molecular weight is 304 g/mol. The number of nitrogens with one attached hydrogen (secondary N) is 2. The molecule has 1 aromatic carbocycles. The molecule has 1 amide bonds. The second-order valence-electron chi connectivity index (χ2n) is 4.54. The Hall–Kier alpha value is -1.76. The molecule has 0 spiro atoms. The van der Waals surface area contributed by atoms with Crippen molar-refractivity contribution in [3.63, 3.8) is 0 Å². The first-order valence-electron chi connectivity index (χ1n) is 6.60. The molecular weight excluding hydrogens is 285 g/mol. The third kappa shape index (κ3) is 8.19. The van der Waals surface area contributed by atoms with Crippen molar-refractivity contribution >= 4 is 5.91 Å². The summed E-state index contributed by atoms with van der Waals surface area (Å²) >= 11 is 0. The molecule has 0 aromatic heterocycles. The van der Waals surface area contributed by atoms with Crippen molar-refractivity contribution in [2.45, 2.75) is 25.6 Å². The van der Waals surface area contributed by atoms with Crippen LogP contribution >= 0.6 is 0 Å². The Labute approximate surface area is 121 Å². The molecule has 118 valence electrons. The number of amides is 1. The predicted octanol–water partition coefficient (Wildman–Crippen LogP) is 2.24. The topological polar surface area (TPSA) is 50.4 Å². The Kier molecular flexibility index (Phi) is 7.01. The fourth-order valence-corrected chi connectivity index (χ4v) is 1.63. The highest BCUT2D eigenvalue weighted by atomic mass is 19.4. The lowest BCUT2D eigenvalue weighted by Crippen LogP contribution is -2.23. The number of carbonyl (C=O) groups excluding carboxylic acids is 1. The standard InChI is InChI=1S/C14H19F3N2O2/c1-18-7-3-6-13(20)19-9-11-4-2-5-12(8-11)21-10-14(15,16)17/h2,4-5,8,18H,3,6-7,9-10H2,1H3,(H,19,20). The Morgan fingerprint density at radius 2 is 2.10 bits per heavy atom. The maximum Gasteiger partial charge on any atom is 0.422 e. The maximum atomic E-state index is 12.1. The number of hydrogen-bond donors (Lipinski definition) is 2. The summed E-state index contributed by atoms with van der Waals surface area (Å²) in [5.41, 5.74) is 0.691. The summed E-state index contributed by atoms with van der Waals surface area (Å²) in [7, 11) is 1.81. The van der Waals surface area contributed by atoms with Crippen LogP contribution in [0.5, 0.6) is 5.75 Å². The Bertz CT molecular complexity index is 450. The highest BCUT2D eigenvalue weighted by molar-refractivity contribution is 5.75. The largest absolute Gasteiger partial charge is 0.484 e. The van der Waals surface area contributed by atoms with E-state index in [0.717, 1.165) is 13.0 Å². The molecule has 1 aromatic rings. The highest BCUT2D eigenvalue weighted by Crippen LogP contribution is 2.19. The van der Waals surface area contributed by atoms with E-state index in [4.69, 9.17) is 0 Å². The molecule has 0 bridgehead atoms. The van der Waals surface area contributed by atoms with E-state index >= 15 is 0 Å². The van der Waals surface area contributed by atoms with Gasteiger partial charge in [-0.15, -0.1) is 0 Å². The lowest BCUT2D eigenvalue weighted by atomic mass is 10.2. The lowest BCUT2D eigenvalue weighted by molar-refractivity contribution is -0.153. The first-order valence-corrected chi connectivity index (χ1v) is 6.60. The second-order valence-corrected chi connectivity index (χ2v) is 4.54. The molecule has 7 heteroatoms. The minimum Gasteiger partial charge on any atom is -0.484 e. The van der Waals surface area contributed by atoms with Crippen LogP contribution < -0.4 is 15.4 Å². The molecule has 0 heterocycles. The molecule has 0 radical (unpaired) electrons. The van der Waals surface area contributed by atoms with Gasteiger partial charge in [0, 0.05) is 13.0 Å². The van der Waals surface area contributed by atoms with Crippen LogP contribution in [0.25, 0.3) is 0 Å². The quantitative estimate of drug-likeness (QED) is 0.724. The van der Waals surface area contributed by atoms with Gasteiger partial charge in [-0.05, 0) is 37.7 Å². The lowest BCUT2D eigenvalue weighted by Gasteiger charge is -2.10. The van der Waals surface area contributed by atoms with Crippen LogP contribution in [0.1, 0.15) is 18.4 Å². The maximum absolute atomic E-state index is 12.1. The molecule has 0 saturated carbocycles. The van der Waals surface area contributed by atoms with Gasteiger partial charge in [0.25, 0.3) is 0 Å². The molecule has 0 aliphatic carbocycles. The summed E-state index contributed by atoms with van der Waals surface area (Å²) in [6.45, 7) is -0.303. The number of halogens is 3. The number of carbonyl (C=O) groups is 1. The molecule has 0 aliphatic heterocycles. The van der Waals surface area contributed by atoms with E-state index in [1.807, 2.05) is 7.05 Å². The van der Waals surface area contributed by atoms with Crippen LogP contribution in [0.15, 0.2) is 24.3 Å². The monoisotopic (exact) mass is 304 g/mol. The van der Waals surface area contributed by atoms with Crippen molar-refractivity contribution in [2.75, 3.05) is 20.2 Å². The molecule has 1 rings (SSSR count). The number of rotatable bonds is 8. The van der Waals surface area contributed by atoms with Gasteiger partial charge in [0.2, 0.25) is 5.91 Å². The fourth-order valence-electron chi connectivity index (χ4n) is 1.63. The molecule has 4 nitrogen and oxygen atoms in total. The Morgan fingerprint density at radius 1 is 1.33 bits per heavy atom. The molecule has 2 N–H and O–H groups in total. The molecule has 21 heavy (non-hydrogen) atoms. The summed E-state index contributed by atoms with van der Waals surface area (Å²) < 4.78 is 40.8. The van der Waals surface area contributed by atoms with Crippen LogP contribution in [-0.4, -0.2) is 32.3 Å². The number of alkyl halides is 3. The van der Waals surface area contributed by atoms with E-state index in [1.54, 1.807) is 12.1 Å². The van der Waals surface area contributed by atoms with E-state index in [9.17, 15) is 18.0 Å². The third-order valence-corrected chi connectivity index (χ3v) is 2.62. The summed E-state index contributed by atoms with van der Waals surface area (Å²) in [4.78, 5) is 11.5. The first kappa shape index (κ1) is 17.3. The average Bonchev–Trinajstić information content (AvgIpc) is 2.43. The number of ether oxygens (including phenoxy) is 1. The van der Waals surface area contributed by atoms with E-state index in [2.05, 4.69) is 15.4 Å². The van der Waals surface area contributed by atoms with Crippen molar-refractivity contribution in [1.29, 1.82) is 0 Å². The molecule has 0 fully saturated rings. The van der Waals surface area contributed by atoms with E-state index in [-0.39, 0.29) is 18.2 Å². The third-order valence-electron chi connectivity index (χ3n) is 2.62. The van der Waals surface area contributed by atoms with Gasteiger partial charge in [-0.25, -0.2) is 0 Å². The zero-order chi connectivity index (χ0) is 15.7. The smallest absolute Gasteiger partial charge is 0.422 e. The number of benzene rings is 1. The molecule has 0 unspecified atom stereocenters. The van der Waals surface area contributed by atoms with Crippen molar-refractivity contribution in [3.8, 4) is 5.75 Å².